The molecule has 1 aliphatic heterocycles. The lowest BCUT2D eigenvalue weighted by Crippen LogP contribution is -2.28. The summed E-state index contributed by atoms with van der Waals surface area (Å²) in [4.78, 5) is 12.5. The summed E-state index contributed by atoms with van der Waals surface area (Å²) in [6.07, 6.45) is 1.65. The first-order valence-corrected chi connectivity index (χ1v) is 10.1. The van der Waals surface area contributed by atoms with Gasteiger partial charge in [-0.15, -0.1) is 0 Å². The van der Waals surface area contributed by atoms with Gasteiger partial charge >= 0.3 is 0 Å². The molecule has 1 heterocycles. The van der Waals surface area contributed by atoms with Crippen LogP contribution in [-0.4, -0.2) is 43.9 Å². The second-order valence-electron chi connectivity index (χ2n) is 6.32. The van der Waals surface area contributed by atoms with Crippen molar-refractivity contribution in [3.63, 3.8) is 0 Å². The molecule has 0 unspecified atom stereocenters. The monoisotopic (exact) mass is 390 g/mol. The highest BCUT2D eigenvalue weighted by molar-refractivity contribution is 7.89. The predicted octanol–water partition coefficient (Wildman–Crippen LogP) is 2.12. The van der Waals surface area contributed by atoms with Crippen molar-refractivity contribution < 1.29 is 23.1 Å². The average molecular weight is 390 g/mol. The number of methoxy groups -OCH3 is 1. The molecule has 0 saturated carbocycles. The highest BCUT2D eigenvalue weighted by Gasteiger charge is 2.28. The maximum absolute atomic E-state index is 12.7. The van der Waals surface area contributed by atoms with Crippen LogP contribution in [0.4, 0.5) is 0 Å². The van der Waals surface area contributed by atoms with Gasteiger partial charge in [-0.3, -0.25) is 4.79 Å². The molecular weight excluding hydrogens is 368 g/mol. The van der Waals surface area contributed by atoms with Crippen LogP contribution in [0.5, 0.6) is 11.5 Å². The Bertz CT molecular complexity index is 920. The Kier molecular flexibility index (Phi) is 5.67. The second-order valence-corrected chi connectivity index (χ2v) is 8.26. The van der Waals surface area contributed by atoms with E-state index in [9.17, 15) is 18.3 Å². The molecule has 2 N–H and O–H groups in total. The number of hydrogen-bond donors (Lipinski definition) is 2. The third kappa shape index (κ3) is 4.23. The number of sulfonamides is 1. The molecule has 1 saturated heterocycles. The van der Waals surface area contributed by atoms with Crippen molar-refractivity contribution in [2.75, 3.05) is 20.2 Å². The fraction of sp³-hybridized carbons (Fsp3) is 0.316. The van der Waals surface area contributed by atoms with E-state index >= 15 is 0 Å². The van der Waals surface area contributed by atoms with Gasteiger partial charge in [-0.25, -0.2) is 8.42 Å². The zero-order chi connectivity index (χ0) is 19.4. The van der Waals surface area contributed by atoms with Gasteiger partial charge in [0.05, 0.1) is 17.6 Å². The average Bonchev–Trinajstić information content (AvgIpc) is 3.22. The van der Waals surface area contributed by atoms with E-state index in [0.29, 0.717) is 18.8 Å². The summed E-state index contributed by atoms with van der Waals surface area (Å²) in [6.45, 7) is 1.19. The summed E-state index contributed by atoms with van der Waals surface area (Å²) in [5.74, 6) is -0.0908. The zero-order valence-corrected chi connectivity index (χ0v) is 15.8. The summed E-state index contributed by atoms with van der Waals surface area (Å²) in [6, 6.07) is 11.0. The minimum Gasteiger partial charge on any atom is -0.507 e. The Hall–Kier alpha value is -2.58. The molecule has 0 atom stereocenters. The smallest absolute Gasteiger partial charge is 0.255 e. The molecule has 3 rings (SSSR count). The van der Waals surface area contributed by atoms with Crippen molar-refractivity contribution in [2.24, 2.45) is 0 Å². The third-order valence-electron chi connectivity index (χ3n) is 4.53. The topological polar surface area (TPSA) is 95.9 Å². The summed E-state index contributed by atoms with van der Waals surface area (Å²) in [5.41, 5.74) is 0.785. The summed E-state index contributed by atoms with van der Waals surface area (Å²) in [7, 11) is -2.09. The molecule has 7 nitrogen and oxygen atoms in total. The number of amides is 1. The maximum Gasteiger partial charge on any atom is 0.255 e. The number of rotatable bonds is 6. The van der Waals surface area contributed by atoms with Crippen molar-refractivity contribution in [1.82, 2.24) is 9.62 Å². The Balaban J connectivity index is 1.75. The number of aromatic hydroxyl groups is 1. The van der Waals surface area contributed by atoms with E-state index < -0.39 is 15.9 Å². The minimum absolute atomic E-state index is 0.0109. The van der Waals surface area contributed by atoms with Crippen molar-refractivity contribution in [2.45, 2.75) is 24.3 Å². The molecule has 0 aromatic heterocycles. The van der Waals surface area contributed by atoms with Crippen LogP contribution >= 0.6 is 0 Å². The van der Waals surface area contributed by atoms with Gasteiger partial charge in [0.2, 0.25) is 10.0 Å². The molecule has 2 aromatic rings. The molecule has 2 aromatic carbocycles. The SMILES string of the molecule is COc1ccc(CNC(=O)c2cc(S(=O)(=O)N3CCCC3)ccc2O)cc1. The van der Waals surface area contributed by atoms with E-state index in [1.165, 1.54) is 22.5 Å². The summed E-state index contributed by atoms with van der Waals surface area (Å²) < 4.78 is 31.8. The molecule has 144 valence electrons. The molecular formula is C19H22N2O5S. The van der Waals surface area contributed by atoms with Gasteiger partial charge < -0.3 is 15.2 Å². The van der Waals surface area contributed by atoms with Gasteiger partial charge in [0.25, 0.3) is 5.91 Å². The molecule has 0 bridgehead atoms. The molecule has 8 heteroatoms. The molecule has 1 amide bonds. The zero-order valence-electron chi connectivity index (χ0n) is 15.0. The number of carbonyl (C=O) groups excluding carboxylic acids is 1. The number of ether oxygens (including phenoxy) is 1. The lowest BCUT2D eigenvalue weighted by Gasteiger charge is -2.16. The standard InChI is InChI=1S/C19H22N2O5S/c1-26-15-6-4-14(5-7-15)13-20-19(23)17-12-16(8-9-18(17)22)27(24,25)21-10-2-3-11-21/h4-9,12,22H,2-3,10-11,13H2,1H3,(H,20,23). The number of nitrogens with zero attached hydrogens (tertiary/aromatic N) is 1. The van der Waals surface area contributed by atoms with E-state index in [4.69, 9.17) is 4.74 Å². The lowest BCUT2D eigenvalue weighted by molar-refractivity contribution is 0.0948. The van der Waals surface area contributed by atoms with Crippen LogP contribution in [0.25, 0.3) is 0 Å². The first-order valence-electron chi connectivity index (χ1n) is 8.66. The number of phenolic OH excluding ortho intramolecular Hbond substituents is 1. The van der Waals surface area contributed by atoms with E-state index in [1.54, 1.807) is 19.2 Å². The molecule has 27 heavy (non-hydrogen) atoms. The number of hydrogen-bond acceptors (Lipinski definition) is 5. The van der Waals surface area contributed by atoms with Gasteiger partial charge in [0, 0.05) is 19.6 Å². The Morgan fingerprint density at radius 3 is 2.44 bits per heavy atom. The predicted molar refractivity (Wildman–Crippen MR) is 100 cm³/mol. The van der Waals surface area contributed by atoms with Crippen LogP contribution < -0.4 is 10.1 Å². The highest BCUT2D eigenvalue weighted by atomic mass is 32.2. The molecule has 1 aliphatic rings. The van der Waals surface area contributed by atoms with Gasteiger partial charge in [-0.1, -0.05) is 12.1 Å². The van der Waals surface area contributed by atoms with Crippen LogP contribution in [0.2, 0.25) is 0 Å². The van der Waals surface area contributed by atoms with Crippen molar-refractivity contribution in [3.8, 4) is 11.5 Å². The normalized spacial score (nSPS) is 14.9. The highest BCUT2D eigenvalue weighted by Crippen LogP contribution is 2.26. The maximum atomic E-state index is 12.7. The Labute approximate surface area is 158 Å². The molecule has 0 aliphatic carbocycles. The molecule has 1 fully saturated rings. The van der Waals surface area contributed by atoms with Crippen molar-refractivity contribution >= 4 is 15.9 Å². The van der Waals surface area contributed by atoms with Crippen molar-refractivity contribution in [3.05, 3.63) is 53.6 Å². The van der Waals surface area contributed by atoms with Crippen LogP contribution in [0, 0.1) is 0 Å². The second kappa shape index (κ2) is 7.98. The van der Waals surface area contributed by atoms with E-state index in [-0.39, 0.29) is 22.8 Å². The van der Waals surface area contributed by atoms with Gasteiger partial charge in [-0.05, 0) is 48.7 Å². The van der Waals surface area contributed by atoms with Gasteiger partial charge in [0.15, 0.2) is 0 Å². The first kappa shape index (κ1) is 19.2. The fourth-order valence-electron chi connectivity index (χ4n) is 2.96. The largest absolute Gasteiger partial charge is 0.507 e. The Morgan fingerprint density at radius 1 is 1.15 bits per heavy atom. The third-order valence-corrected chi connectivity index (χ3v) is 6.42. The summed E-state index contributed by atoms with van der Waals surface area (Å²) >= 11 is 0. The Morgan fingerprint density at radius 2 is 1.81 bits per heavy atom. The minimum atomic E-state index is -3.66. The van der Waals surface area contributed by atoms with E-state index in [0.717, 1.165) is 18.4 Å². The van der Waals surface area contributed by atoms with Gasteiger partial charge in [0.1, 0.15) is 11.5 Å². The molecule has 0 radical (unpaired) electrons. The summed E-state index contributed by atoms with van der Waals surface area (Å²) in [5, 5.41) is 12.7. The number of benzene rings is 2. The molecule has 0 spiro atoms. The van der Waals surface area contributed by atoms with Crippen molar-refractivity contribution in [1.29, 1.82) is 0 Å². The van der Waals surface area contributed by atoms with Crippen LogP contribution in [0.1, 0.15) is 28.8 Å². The lowest BCUT2D eigenvalue weighted by atomic mass is 10.1. The number of carbonyl (C=O) groups is 1. The number of nitrogens with one attached hydrogen (secondary N) is 1. The quantitative estimate of drug-likeness (QED) is 0.788. The van der Waals surface area contributed by atoms with Crippen LogP contribution in [0.3, 0.4) is 0 Å². The first-order chi connectivity index (χ1) is 12.9. The van der Waals surface area contributed by atoms with E-state index in [1.807, 2.05) is 12.1 Å². The van der Waals surface area contributed by atoms with Crippen LogP contribution in [0.15, 0.2) is 47.4 Å². The number of phenols is 1. The van der Waals surface area contributed by atoms with Crippen LogP contribution in [-0.2, 0) is 16.6 Å². The van der Waals surface area contributed by atoms with Gasteiger partial charge in [-0.2, -0.15) is 4.31 Å². The fourth-order valence-corrected chi connectivity index (χ4v) is 4.50. The van der Waals surface area contributed by atoms with E-state index in [2.05, 4.69) is 5.32 Å².